The van der Waals surface area contributed by atoms with E-state index in [4.69, 9.17) is 25.2 Å². The number of ether oxygens (including phenoxy) is 3. The van der Waals surface area contributed by atoms with Crippen molar-refractivity contribution in [2.45, 2.75) is 69.2 Å². The number of nitrogens with two attached hydrogens (primary N) is 1. The number of aryl methyl sites for hydroxylation is 3. The van der Waals surface area contributed by atoms with Gasteiger partial charge in [-0.2, -0.15) is 9.57 Å². The summed E-state index contributed by atoms with van der Waals surface area (Å²) in [5.74, 6) is -0.472. The summed E-state index contributed by atoms with van der Waals surface area (Å²) in [6, 6.07) is 31.1. The second kappa shape index (κ2) is 17.3. The van der Waals surface area contributed by atoms with Crippen LogP contribution in [0, 0.1) is 32.1 Å². The smallest absolute Gasteiger partial charge is 0.326 e. The Labute approximate surface area is 363 Å². The van der Waals surface area contributed by atoms with Crippen molar-refractivity contribution in [1.82, 2.24) is 14.6 Å². The van der Waals surface area contributed by atoms with Crippen LogP contribution in [0.15, 0.2) is 107 Å². The molecule has 0 aliphatic carbocycles. The third-order valence-corrected chi connectivity index (χ3v) is 14.6. The van der Waals surface area contributed by atoms with Gasteiger partial charge in [-0.3, -0.25) is 4.79 Å². The molecule has 0 saturated heterocycles. The molecule has 8 rings (SSSR count). The van der Waals surface area contributed by atoms with Crippen LogP contribution in [0.3, 0.4) is 0 Å². The van der Waals surface area contributed by atoms with Gasteiger partial charge in [-0.25, -0.2) is 18.2 Å². The maximum absolute atomic E-state index is 14.4. The van der Waals surface area contributed by atoms with E-state index < -0.39 is 40.1 Å². The quantitative estimate of drug-likeness (QED) is 0.113. The molecule has 0 radical (unpaired) electrons. The van der Waals surface area contributed by atoms with E-state index in [2.05, 4.69) is 48.4 Å². The molecule has 15 heteroatoms. The highest BCUT2D eigenvalue weighted by atomic mass is 32.2. The van der Waals surface area contributed by atoms with Gasteiger partial charge in [-0.15, -0.1) is 0 Å². The molecule has 1 amide bonds. The van der Waals surface area contributed by atoms with E-state index in [1.807, 2.05) is 48.5 Å². The van der Waals surface area contributed by atoms with Gasteiger partial charge in [-0.1, -0.05) is 78.1 Å². The molecule has 62 heavy (non-hydrogen) atoms. The molecule has 0 spiro atoms. The minimum absolute atomic E-state index is 0.0575. The number of hydrogen-bond donors (Lipinski definition) is 3. The number of nitriles is 1. The van der Waals surface area contributed by atoms with E-state index in [1.165, 1.54) is 18.1 Å². The molecule has 316 valence electrons. The number of carboxylic acids is 1. The fourth-order valence-corrected chi connectivity index (χ4v) is 10.6. The molecule has 1 unspecified atom stereocenters. The number of aromatic nitrogens is 1. The van der Waals surface area contributed by atoms with Crippen LogP contribution in [-0.2, 0) is 45.6 Å². The summed E-state index contributed by atoms with van der Waals surface area (Å²) in [6.45, 7) is 6.11. The normalized spacial score (nSPS) is 16.4. The molecule has 3 heterocycles. The predicted octanol–water partition coefficient (Wildman–Crippen LogP) is 7.21. The standard InChI is InChI=1S/C47H43N5O8S2/c1-27-4-5-32(18-28(27)2)25-58-38-16-14-35(15-17-38)43-26-59-41-21-36-20-40(52(24-37(36)22-42(41)60-43)62(56,57)46-29(3)50-47(49)61-46)44(53)51-39(45(54)55)19-30-6-10-33(11-7-30)34-12-8-31(23-48)9-13-34/h4-18,21-22,39-40,43H,19-20,24-26H2,1-3H3,(H2,49,50)(H,51,53)(H,54,55)/t39?,40-,43+/m0/s1. The molecule has 0 bridgehead atoms. The third kappa shape index (κ3) is 8.85. The van der Waals surface area contributed by atoms with Gasteiger partial charge >= 0.3 is 5.97 Å². The molecule has 13 nitrogen and oxygen atoms in total. The average molecular weight is 870 g/mol. The number of anilines is 1. The summed E-state index contributed by atoms with van der Waals surface area (Å²) < 4.78 is 48.5. The predicted molar refractivity (Wildman–Crippen MR) is 233 cm³/mol. The monoisotopic (exact) mass is 869 g/mol. The number of aliphatic carboxylic acids is 1. The number of hydrogen-bond acceptors (Lipinski definition) is 11. The number of nitrogen functional groups attached to an aromatic ring is 1. The van der Waals surface area contributed by atoms with Crippen LogP contribution in [0.25, 0.3) is 11.1 Å². The fourth-order valence-electron chi connectivity index (χ4n) is 7.63. The second-order valence-corrected chi connectivity index (χ2v) is 18.6. The number of rotatable bonds is 12. The van der Waals surface area contributed by atoms with E-state index in [-0.39, 0.29) is 41.0 Å². The highest BCUT2D eigenvalue weighted by Gasteiger charge is 2.43. The zero-order valence-electron chi connectivity index (χ0n) is 34.1. The number of carboxylic acid groups (broad SMARTS) is 1. The van der Waals surface area contributed by atoms with E-state index >= 15 is 0 Å². The van der Waals surface area contributed by atoms with Crippen LogP contribution in [-0.4, -0.2) is 53.4 Å². The first-order chi connectivity index (χ1) is 29.7. The van der Waals surface area contributed by atoms with Crippen molar-refractivity contribution < 1.29 is 37.3 Å². The number of sulfonamides is 1. The lowest BCUT2D eigenvalue weighted by atomic mass is 9.94. The van der Waals surface area contributed by atoms with Gasteiger partial charge in [0.15, 0.2) is 26.9 Å². The second-order valence-electron chi connectivity index (χ2n) is 15.4. The zero-order valence-corrected chi connectivity index (χ0v) is 35.8. The van der Waals surface area contributed by atoms with E-state index in [1.54, 1.807) is 36.4 Å². The Morgan fingerprint density at radius 3 is 2.26 bits per heavy atom. The van der Waals surface area contributed by atoms with Crippen molar-refractivity contribution in [3.8, 4) is 34.4 Å². The summed E-state index contributed by atoms with van der Waals surface area (Å²) in [5.41, 5.74) is 14.7. The Bertz CT molecular complexity index is 2820. The van der Waals surface area contributed by atoms with E-state index in [9.17, 15) is 23.1 Å². The van der Waals surface area contributed by atoms with Crippen molar-refractivity contribution in [2.24, 2.45) is 0 Å². The maximum Gasteiger partial charge on any atom is 0.326 e. The number of carbonyl (C=O) groups is 2. The molecule has 2 aliphatic rings. The zero-order chi connectivity index (χ0) is 43.7. The van der Waals surface area contributed by atoms with Crippen LogP contribution in [0.2, 0.25) is 0 Å². The highest BCUT2D eigenvalue weighted by Crippen LogP contribution is 2.42. The lowest BCUT2D eigenvalue weighted by Gasteiger charge is -2.36. The Morgan fingerprint density at radius 2 is 1.61 bits per heavy atom. The molecule has 5 aromatic carbocycles. The van der Waals surface area contributed by atoms with Crippen LogP contribution < -0.4 is 25.3 Å². The van der Waals surface area contributed by atoms with Crippen LogP contribution in [0.1, 0.15) is 56.3 Å². The van der Waals surface area contributed by atoms with Gasteiger partial charge in [0.1, 0.15) is 31.0 Å². The summed E-state index contributed by atoms with van der Waals surface area (Å²) >= 11 is 0.800. The molecule has 3 atom stereocenters. The lowest BCUT2D eigenvalue weighted by molar-refractivity contribution is -0.142. The lowest BCUT2D eigenvalue weighted by Crippen LogP contribution is -2.55. The molecular weight excluding hydrogens is 827 g/mol. The van der Waals surface area contributed by atoms with Gasteiger partial charge in [0.05, 0.1) is 17.3 Å². The molecule has 0 saturated carbocycles. The van der Waals surface area contributed by atoms with Crippen molar-refractivity contribution in [3.63, 3.8) is 0 Å². The Morgan fingerprint density at radius 1 is 0.935 bits per heavy atom. The van der Waals surface area contributed by atoms with Gasteiger partial charge in [0.2, 0.25) is 5.91 Å². The number of carbonyl (C=O) groups excluding carboxylic acids is 1. The first-order valence-electron chi connectivity index (χ1n) is 19.9. The summed E-state index contributed by atoms with van der Waals surface area (Å²) in [5, 5.41) is 22.1. The van der Waals surface area contributed by atoms with Gasteiger partial charge in [0, 0.05) is 13.0 Å². The first kappa shape index (κ1) is 42.0. The fraction of sp³-hybridized carbons (Fsp3) is 0.234. The summed E-state index contributed by atoms with van der Waals surface area (Å²) in [6.07, 6.45) is -0.583. The van der Waals surface area contributed by atoms with E-state index in [0.717, 1.165) is 37.9 Å². The first-order valence-corrected chi connectivity index (χ1v) is 22.1. The van der Waals surface area contributed by atoms with E-state index in [0.29, 0.717) is 46.1 Å². The number of benzene rings is 5. The molecule has 4 N–H and O–H groups in total. The number of nitrogens with zero attached hydrogens (tertiary/aromatic N) is 3. The summed E-state index contributed by atoms with van der Waals surface area (Å²) in [4.78, 5) is 30.9. The molecule has 2 aliphatic heterocycles. The number of amides is 1. The average Bonchev–Trinajstić information content (AvgIpc) is 3.63. The molecule has 1 aromatic heterocycles. The Balaban J connectivity index is 1.01. The van der Waals surface area contributed by atoms with Gasteiger partial charge < -0.3 is 30.4 Å². The number of nitrogens with one attached hydrogen (secondary N) is 1. The van der Waals surface area contributed by atoms with Crippen LogP contribution >= 0.6 is 11.3 Å². The van der Waals surface area contributed by atoms with Crippen LogP contribution in [0.5, 0.6) is 17.2 Å². The third-order valence-electron chi connectivity index (χ3n) is 11.2. The topological polar surface area (TPSA) is 194 Å². The highest BCUT2D eigenvalue weighted by molar-refractivity contribution is 7.91. The number of fused-ring (bicyclic) bond motifs is 2. The summed E-state index contributed by atoms with van der Waals surface area (Å²) in [7, 11) is -4.37. The largest absolute Gasteiger partial charge is 0.489 e. The van der Waals surface area contributed by atoms with Crippen molar-refractivity contribution in [1.29, 1.82) is 5.26 Å². The molecular formula is C47H43N5O8S2. The van der Waals surface area contributed by atoms with Gasteiger partial charge in [0.25, 0.3) is 10.0 Å². The maximum atomic E-state index is 14.4. The van der Waals surface area contributed by atoms with Crippen LogP contribution in [0.4, 0.5) is 5.13 Å². The number of thiazole rings is 1. The molecule has 6 aromatic rings. The Kier molecular flexibility index (Phi) is 11.7. The van der Waals surface area contributed by atoms with Gasteiger partial charge in [-0.05, 0) is 114 Å². The Hall–Kier alpha value is -6.73. The minimum atomic E-state index is -4.37. The SMILES string of the molecule is Cc1ccc(COc2ccc([C@H]3COc4cc5c(cc4O3)CN(S(=O)(=O)c3sc(N)nc3C)[C@H](C(=O)NC(Cc3ccc(-c4ccc(C#N)cc4)cc3)C(=O)O)C5)cc2)cc1C. The van der Waals surface area contributed by atoms with Crippen molar-refractivity contribution >= 4 is 38.4 Å². The molecule has 0 fully saturated rings. The van der Waals surface area contributed by atoms with Crippen molar-refractivity contribution in [3.05, 3.63) is 153 Å². The minimum Gasteiger partial charge on any atom is -0.489 e. The van der Waals surface area contributed by atoms with Crippen molar-refractivity contribution in [2.75, 3.05) is 12.3 Å².